The number of rotatable bonds is 10. The molecule has 5 heteroatoms. The first-order chi connectivity index (χ1) is 12.9. The number of hydrogen-bond acceptors (Lipinski definition) is 4. The Labute approximate surface area is 160 Å². The van der Waals surface area contributed by atoms with E-state index in [0.717, 1.165) is 11.3 Å². The molecular weight excluding hydrogens is 344 g/mol. The van der Waals surface area contributed by atoms with E-state index in [2.05, 4.69) is 26.8 Å². The Hall–Kier alpha value is -2.69. The first kappa shape index (κ1) is 20.6. The third kappa shape index (κ3) is 6.20. The average molecular weight is 372 g/mol. The summed E-state index contributed by atoms with van der Waals surface area (Å²) >= 11 is 0. The number of methoxy groups -OCH3 is 1. The molecule has 0 aliphatic heterocycles. The summed E-state index contributed by atoms with van der Waals surface area (Å²) in [4.78, 5) is 10.7. The van der Waals surface area contributed by atoms with Crippen molar-refractivity contribution in [1.82, 2.24) is 0 Å². The van der Waals surface area contributed by atoms with Crippen molar-refractivity contribution in [1.29, 1.82) is 0 Å². The molecule has 146 valence electrons. The topological polar surface area (TPSA) is 65.0 Å². The monoisotopic (exact) mass is 372 g/mol. The molecule has 1 N–H and O–H groups in total. The Kier molecular flexibility index (Phi) is 7.53. The molecule has 0 heterocycles. The summed E-state index contributed by atoms with van der Waals surface area (Å²) in [6.45, 7) is 7.25. The molecule has 0 fully saturated rings. The summed E-state index contributed by atoms with van der Waals surface area (Å²) in [6, 6.07) is 11.6. The van der Waals surface area contributed by atoms with Gasteiger partial charge in [0.2, 0.25) is 0 Å². The van der Waals surface area contributed by atoms with Gasteiger partial charge in [0.1, 0.15) is 19.0 Å². The van der Waals surface area contributed by atoms with Crippen LogP contribution < -0.4 is 14.2 Å². The first-order valence-electron chi connectivity index (χ1n) is 9.15. The molecule has 2 aromatic carbocycles. The predicted molar refractivity (Wildman–Crippen MR) is 105 cm³/mol. The van der Waals surface area contributed by atoms with Crippen molar-refractivity contribution in [2.24, 2.45) is 0 Å². The van der Waals surface area contributed by atoms with E-state index in [-0.39, 0.29) is 6.42 Å². The quantitative estimate of drug-likeness (QED) is 0.617. The molecule has 27 heavy (non-hydrogen) atoms. The zero-order chi connectivity index (χ0) is 19.8. The zero-order valence-corrected chi connectivity index (χ0v) is 16.5. The van der Waals surface area contributed by atoms with Crippen LogP contribution in [0, 0.1) is 6.92 Å². The minimum atomic E-state index is -0.817. The molecule has 0 saturated heterocycles. The maximum atomic E-state index is 10.7. The lowest BCUT2D eigenvalue weighted by atomic mass is 9.98. The van der Waals surface area contributed by atoms with Crippen LogP contribution in [-0.2, 0) is 11.2 Å². The lowest BCUT2D eigenvalue weighted by molar-refractivity contribution is -0.136. The van der Waals surface area contributed by atoms with Gasteiger partial charge in [0.15, 0.2) is 11.5 Å². The summed E-state index contributed by atoms with van der Waals surface area (Å²) < 4.78 is 16.9. The summed E-state index contributed by atoms with van der Waals surface area (Å²) in [5.41, 5.74) is 3.45. The Bertz CT molecular complexity index is 767. The third-order valence-corrected chi connectivity index (χ3v) is 4.33. The van der Waals surface area contributed by atoms with Gasteiger partial charge in [-0.05, 0) is 60.2 Å². The smallest absolute Gasteiger partial charge is 0.303 e. The lowest BCUT2D eigenvalue weighted by Gasteiger charge is -2.14. The molecule has 0 saturated carbocycles. The second-order valence-electron chi connectivity index (χ2n) is 6.75. The highest BCUT2D eigenvalue weighted by molar-refractivity contribution is 5.67. The highest BCUT2D eigenvalue weighted by atomic mass is 16.5. The average Bonchev–Trinajstić information content (AvgIpc) is 2.63. The summed E-state index contributed by atoms with van der Waals surface area (Å²) in [5.74, 6) is 1.72. The Morgan fingerprint density at radius 1 is 1.04 bits per heavy atom. The fraction of sp³-hybridized carbons (Fsp3) is 0.409. The maximum Gasteiger partial charge on any atom is 0.303 e. The van der Waals surface area contributed by atoms with Gasteiger partial charge >= 0.3 is 5.97 Å². The molecule has 2 aromatic rings. The van der Waals surface area contributed by atoms with Gasteiger partial charge in [-0.15, -0.1) is 0 Å². The van der Waals surface area contributed by atoms with Crippen LogP contribution in [0.1, 0.15) is 42.9 Å². The van der Waals surface area contributed by atoms with Crippen molar-refractivity contribution >= 4 is 5.97 Å². The van der Waals surface area contributed by atoms with Gasteiger partial charge in [-0.1, -0.05) is 26.0 Å². The van der Waals surface area contributed by atoms with Crippen LogP contribution in [-0.4, -0.2) is 31.4 Å². The number of carboxylic acids is 1. The minimum Gasteiger partial charge on any atom is -0.493 e. The van der Waals surface area contributed by atoms with Crippen LogP contribution in [0.15, 0.2) is 36.4 Å². The van der Waals surface area contributed by atoms with Crippen LogP contribution in [0.25, 0.3) is 0 Å². The van der Waals surface area contributed by atoms with Gasteiger partial charge in [-0.2, -0.15) is 0 Å². The number of aliphatic carboxylic acids is 1. The zero-order valence-electron chi connectivity index (χ0n) is 16.5. The molecule has 0 aliphatic rings. The molecule has 0 spiro atoms. The predicted octanol–water partition coefficient (Wildman–Crippen LogP) is 4.60. The fourth-order valence-corrected chi connectivity index (χ4v) is 2.93. The summed E-state index contributed by atoms with van der Waals surface area (Å²) in [7, 11) is 1.57. The molecule has 0 aliphatic carbocycles. The molecule has 0 bridgehead atoms. The number of ether oxygens (including phenoxy) is 3. The second kappa shape index (κ2) is 9.86. The van der Waals surface area contributed by atoms with Gasteiger partial charge in [-0.3, -0.25) is 4.79 Å². The number of carbonyl (C=O) groups is 1. The SMILES string of the molecule is COc1cc(CCC(=O)O)ccc1OCCOc1ccc(C(C)C)c(C)c1. The largest absolute Gasteiger partial charge is 0.493 e. The highest BCUT2D eigenvalue weighted by Crippen LogP contribution is 2.29. The van der Waals surface area contributed by atoms with Gasteiger partial charge < -0.3 is 19.3 Å². The van der Waals surface area contributed by atoms with Crippen molar-refractivity contribution in [3.63, 3.8) is 0 Å². The van der Waals surface area contributed by atoms with Crippen LogP contribution in [0.3, 0.4) is 0 Å². The van der Waals surface area contributed by atoms with Crippen LogP contribution in [0.2, 0.25) is 0 Å². The van der Waals surface area contributed by atoms with Crippen LogP contribution in [0.4, 0.5) is 0 Å². The lowest BCUT2D eigenvalue weighted by Crippen LogP contribution is -2.10. The van der Waals surface area contributed by atoms with E-state index in [0.29, 0.717) is 37.1 Å². The highest BCUT2D eigenvalue weighted by Gasteiger charge is 2.08. The molecule has 0 radical (unpaired) electrons. The second-order valence-corrected chi connectivity index (χ2v) is 6.75. The van der Waals surface area contributed by atoms with Crippen LogP contribution in [0.5, 0.6) is 17.2 Å². The number of benzene rings is 2. The Morgan fingerprint density at radius 2 is 1.78 bits per heavy atom. The van der Waals surface area contributed by atoms with Gasteiger partial charge in [0.05, 0.1) is 7.11 Å². The molecule has 2 rings (SSSR count). The van der Waals surface area contributed by atoms with Crippen molar-refractivity contribution < 1.29 is 24.1 Å². The molecule has 0 amide bonds. The number of carboxylic acid groups (broad SMARTS) is 1. The molecule has 0 aromatic heterocycles. The fourth-order valence-electron chi connectivity index (χ4n) is 2.93. The maximum absolute atomic E-state index is 10.7. The van der Waals surface area contributed by atoms with E-state index >= 15 is 0 Å². The van der Waals surface area contributed by atoms with Gasteiger partial charge in [-0.25, -0.2) is 0 Å². The van der Waals surface area contributed by atoms with E-state index in [1.165, 1.54) is 11.1 Å². The first-order valence-corrected chi connectivity index (χ1v) is 9.15. The number of hydrogen-bond donors (Lipinski definition) is 1. The van der Waals surface area contributed by atoms with E-state index in [1.807, 2.05) is 24.3 Å². The molecule has 0 atom stereocenters. The molecule has 5 nitrogen and oxygen atoms in total. The van der Waals surface area contributed by atoms with Crippen LogP contribution >= 0.6 is 0 Å². The Balaban J connectivity index is 1.87. The van der Waals surface area contributed by atoms with E-state index in [1.54, 1.807) is 13.2 Å². The minimum absolute atomic E-state index is 0.0895. The van der Waals surface area contributed by atoms with Crippen molar-refractivity contribution in [3.8, 4) is 17.2 Å². The number of aryl methyl sites for hydroxylation is 2. The normalized spacial score (nSPS) is 10.7. The van der Waals surface area contributed by atoms with E-state index < -0.39 is 5.97 Å². The summed E-state index contributed by atoms with van der Waals surface area (Å²) in [6.07, 6.45) is 0.549. The standard InChI is InChI=1S/C22H28O5/c1-15(2)19-8-7-18(13-16(19)3)26-11-12-27-20-9-5-17(6-10-22(23)24)14-21(20)25-4/h5,7-9,13-15H,6,10-12H2,1-4H3,(H,23,24). The molecular formula is C22H28O5. The molecule has 0 unspecified atom stereocenters. The van der Waals surface area contributed by atoms with Crippen molar-refractivity contribution in [2.45, 2.75) is 39.5 Å². The van der Waals surface area contributed by atoms with E-state index in [4.69, 9.17) is 19.3 Å². The van der Waals surface area contributed by atoms with Gasteiger partial charge in [0, 0.05) is 6.42 Å². The third-order valence-electron chi connectivity index (χ3n) is 4.33. The van der Waals surface area contributed by atoms with Crippen molar-refractivity contribution in [2.75, 3.05) is 20.3 Å². The van der Waals surface area contributed by atoms with Gasteiger partial charge in [0.25, 0.3) is 0 Å². The Morgan fingerprint density at radius 3 is 2.41 bits per heavy atom. The van der Waals surface area contributed by atoms with E-state index in [9.17, 15) is 4.79 Å². The summed E-state index contributed by atoms with van der Waals surface area (Å²) in [5, 5.41) is 8.78. The van der Waals surface area contributed by atoms with Crippen molar-refractivity contribution in [3.05, 3.63) is 53.1 Å².